The predicted octanol–water partition coefficient (Wildman–Crippen LogP) is 4.51. The van der Waals surface area contributed by atoms with E-state index in [0.717, 1.165) is 0 Å². The summed E-state index contributed by atoms with van der Waals surface area (Å²) in [5.74, 6) is 0.431. The van der Waals surface area contributed by atoms with Gasteiger partial charge in [0.15, 0.2) is 0 Å². The van der Waals surface area contributed by atoms with Crippen molar-refractivity contribution in [1.29, 1.82) is 5.41 Å². The minimum absolute atomic E-state index is 0.0485. The van der Waals surface area contributed by atoms with Crippen LogP contribution in [0.25, 0.3) is 0 Å². The third-order valence-corrected chi connectivity index (χ3v) is 3.68. The first-order valence-electron chi connectivity index (χ1n) is 5.68. The molecule has 0 bridgehead atoms. The van der Waals surface area contributed by atoms with Crippen LogP contribution in [0.3, 0.4) is 0 Å². The van der Waals surface area contributed by atoms with Gasteiger partial charge in [0.2, 0.25) is 0 Å². The monoisotopic (exact) mass is 328 g/mol. The Labute approximate surface area is 131 Å². The second-order valence-corrected chi connectivity index (χ2v) is 5.27. The fourth-order valence-electron chi connectivity index (χ4n) is 1.61. The lowest BCUT2D eigenvalue weighted by Crippen LogP contribution is -2.10. The number of halogens is 3. The van der Waals surface area contributed by atoms with E-state index in [1.807, 2.05) is 0 Å². The van der Waals surface area contributed by atoms with Gasteiger partial charge in [-0.2, -0.15) is 0 Å². The molecule has 6 heteroatoms. The predicted molar refractivity (Wildman–Crippen MR) is 83.3 cm³/mol. The van der Waals surface area contributed by atoms with Gasteiger partial charge in [-0.25, -0.2) is 0 Å². The molecule has 0 aliphatic heterocycles. The zero-order valence-corrected chi connectivity index (χ0v) is 12.6. The third kappa shape index (κ3) is 3.37. The van der Waals surface area contributed by atoms with Gasteiger partial charge in [0, 0.05) is 21.2 Å². The molecule has 0 spiro atoms. The molecular weight excluding hydrogens is 319 g/mol. The summed E-state index contributed by atoms with van der Waals surface area (Å²) in [4.78, 5) is 0. The number of amidine groups is 1. The maximum absolute atomic E-state index is 7.34. The number of nitrogens with two attached hydrogens (primary N) is 1. The molecule has 0 amide bonds. The molecular formula is C14H11Cl3N2O. The maximum atomic E-state index is 7.34. The van der Waals surface area contributed by atoms with Crippen molar-refractivity contribution in [3.63, 3.8) is 0 Å². The molecule has 0 aliphatic carbocycles. The minimum Gasteiger partial charge on any atom is -0.487 e. The highest BCUT2D eigenvalue weighted by molar-refractivity contribution is 6.36. The van der Waals surface area contributed by atoms with Crippen LogP contribution < -0.4 is 10.5 Å². The van der Waals surface area contributed by atoms with Gasteiger partial charge in [-0.1, -0.05) is 40.9 Å². The van der Waals surface area contributed by atoms with Crippen molar-refractivity contribution in [1.82, 2.24) is 0 Å². The molecule has 0 saturated carbocycles. The van der Waals surface area contributed by atoms with Gasteiger partial charge in [-0.05, 0) is 30.3 Å². The fourth-order valence-corrected chi connectivity index (χ4v) is 2.35. The van der Waals surface area contributed by atoms with Crippen molar-refractivity contribution < 1.29 is 4.74 Å². The van der Waals surface area contributed by atoms with Gasteiger partial charge in [0.1, 0.15) is 18.2 Å². The second kappa shape index (κ2) is 6.35. The van der Waals surface area contributed by atoms with Crippen LogP contribution in [0.15, 0.2) is 36.4 Å². The molecule has 104 valence electrons. The number of nitrogens with one attached hydrogen (secondary N) is 1. The number of hydrogen-bond acceptors (Lipinski definition) is 2. The summed E-state index contributed by atoms with van der Waals surface area (Å²) < 4.78 is 5.61. The van der Waals surface area contributed by atoms with E-state index in [0.29, 0.717) is 31.9 Å². The van der Waals surface area contributed by atoms with E-state index >= 15 is 0 Å². The molecule has 3 N–H and O–H groups in total. The Morgan fingerprint density at radius 1 is 1.05 bits per heavy atom. The summed E-state index contributed by atoms with van der Waals surface area (Å²) in [6.45, 7) is 0.206. The Bertz CT molecular complexity index is 639. The lowest BCUT2D eigenvalue weighted by molar-refractivity contribution is 0.306. The Morgan fingerprint density at radius 3 is 2.25 bits per heavy atom. The van der Waals surface area contributed by atoms with Crippen LogP contribution in [0.2, 0.25) is 15.1 Å². The Kier molecular flexibility index (Phi) is 4.76. The maximum Gasteiger partial charge on any atom is 0.138 e. The molecule has 2 rings (SSSR count). The highest BCUT2D eigenvalue weighted by Crippen LogP contribution is 2.29. The van der Waals surface area contributed by atoms with Crippen LogP contribution in [0.1, 0.15) is 11.1 Å². The van der Waals surface area contributed by atoms with Crippen LogP contribution in [0.4, 0.5) is 0 Å². The standard InChI is InChI=1S/C14H11Cl3N2O/c15-10-2-1-3-11(16)9(10)7-20-13-5-4-8(14(18)19)6-12(13)17/h1-6H,7H2,(H3,18,19). The first-order valence-corrected chi connectivity index (χ1v) is 6.82. The van der Waals surface area contributed by atoms with Crippen molar-refractivity contribution in [2.24, 2.45) is 5.73 Å². The molecule has 0 radical (unpaired) electrons. The van der Waals surface area contributed by atoms with E-state index in [2.05, 4.69) is 0 Å². The lowest BCUT2D eigenvalue weighted by Gasteiger charge is -2.11. The van der Waals surface area contributed by atoms with E-state index in [1.165, 1.54) is 0 Å². The summed E-state index contributed by atoms with van der Waals surface area (Å²) in [7, 11) is 0. The average molecular weight is 330 g/mol. The van der Waals surface area contributed by atoms with Gasteiger partial charge in [-0.15, -0.1) is 0 Å². The van der Waals surface area contributed by atoms with Gasteiger partial charge < -0.3 is 10.5 Å². The van der Waals surface area contributed by atoms with E-state index in [4.69, 9.17) is 50.7 Å². The third-order valence-electron chi connectivity index (χ3n) is 2.68. The molecule has 3 nitrogen and oxygen atoms in total. The quantitative estimate of drug-likeness (QED) is 0.640. The van der Waals surface area contributed by atoms with Gasteiger partial charge in [0.25, 0.3) is 0 Å². The number of rotatable bonds is 4. The molecule has 0 aromatic heterocycles. The van der Waals surface area contributed by atoms with Crippen molar-refractivity contribution in [3.05, 3.63) is 62.6 Å². The number of benzene rings is 2. The Morgan fingerprint density at radius 2 is 1.70 bits per heavy atom. The summed E-state index contributed by atoms with van der Waals surface area (Å²) in [6.07, 6.45) is 0. The minimum atomic E-state index is -0.0485. The molecule has 0 unspecified atom stereocenters. The van der Waals surface area contributed by atoms with E-state index in [1.54, 1.807) is 36.4 Å². The first kappa shape index (κ1) is 15.0. The molecule has 0 atom stereocenters. The Hall–Kier alpha value is -1.42. The summed E-state index contributed by atoms with van der Waals surface area (Å²) in [5.41, 5.74) is 6.62. The van der Waals surface area contributed by atoms with Crippen molar-refractivity contribution in [2.75, 3.05) is 0 Å². The van der Waals surface area contributed by atoms with Crippen molar-refractivity contribution >= 4 is 40.6 Å². The molecule has 2 aromatic carbocycles. The van der Waals surface area contributed by atoms with Crippen LogP contribution >= 0.6 is 34.8 Å². The van der Waals surface area contributed by atoms with E-state index < -0.39 is 0 Å². The topological polar surface area (TPSA) is 59.1 Å². The molecule has 0 fully saturated rings. The fraction of sp³-hybridized carbons (Fsp3) is 0.0714. The number of hydrogen-bond donors (Lipinski definition) is 2. The van der Waals surface area contributed by atoms with Gasteiger partial charge in [0.05, 0.1) is 5.02 Å². The number of nitrogen functional groups attached to an aromatic ring is 1. The summed E-state index contributed by atoms with van der Waals surface area (Å²) in [5, 5.41) is 8.79. The zero-order chi connectivity index (χ0) is 14.7. The van der Waals surface area contributed by atoms with E-state index in [9.17, 15) is 0 Å². The van der Waals surface area contributed by atoms with Gasteiger partial charge in [-0.3, -0.25) is 5.41 Å². The highest BCUT2D eigenvalue weighted by Gasteiger charge is 2.09. The Balaban J connectivity index is 2.17. The summed E-state index contributed by atoms with van der Waals surface area (Å²) >= 11 is 18.2. The average Bonchev–Trinajstić information content (AvgIpc) is 2.39. The normalized spacial score (nSPS) is 10.3. The van der Waals surface area contributed by atoms with E-state index in [-0.39, 0.29) is 12.4 Å². The van der Waals surface area contributed by atoms with Crippen LogP contribution in [-0.4, -0.2) is 5.84 Å². The first-order chi connectivity index (χ1) is 9.49. The largest absolute Gasteiger partial charge is 0.487 e. The van der Waals surface area contributed by atoms with Gasteiger partial charge >= 0.3 is 0 Å². The molecule has 0 aliphatic rings. The second-order valence-electron chi connectivity index (χ2n) is 4.05. The zero-order valence-electron chi connectivity index (χ0n) is 10.3. The number of ether oxygens (including phenoxy) is 1. The lowest BCUT2D eigenvalue weighted by atomic mass is 10.2. The van der Waals surface area contributed by atoms with Crippen LogP contribution in [-0.2, 0) is 6.61 Å². The molecule has 0 saturated heterocycles. The SMILES string of the molecule is N=C(N)c1ccc(OCc2c(Cl)cccc2Cl)c(Cl)c1. The molecule has 0 heterocycles. The van der Waals surface area contributed by atoms with Crippen LogP contribution in [0.5, 0.6) is 5.75 Å². The molecule has 2 aromatic rings. The molecule has 20 heavy (non-hydrogen) atoms. The highest BCUT2D eigenvalue weighted by atomic mass is 35.5. The van der Waals surface area contributed by atoms with Crippen molar-refractivity contribution in [2.45, 2.75) is 6.61 Å². The smallest absolute Gasteiger partial charge is 0.138 e. The van der Waals surface area contributed by atoms with Crippen LogP contribution in [0, 0.1) is 5.41 Å². The van der Waals surface area contributed by atoms with Crippen molar-refractivity contribution in [3.8, 4) is 5.75 Å². The summed E-state index contributed by atoms with van der Waals surface area (Å²) in [6, 6.07) is 10.1.